The number of halogens is 1. The summed E-state index contributed by atoms with van der Waals surface area (Å²) < 4.78 is 5.02. The summed E-state index contributed by atoms with van der Waals surface area (Å²) in [4.78, 5) is 13.5. The van der Waals surface area contributed by atoms with Crippen molar-refractivity contribution in [2.24, 2.45) is 0 Å². The van der Waals surface area contributed by atoms with Crippen molar-refractivity contribution in [3.05, 3.63) is 30.3 Å². The first-order valence-electron chi connectivity index (χ1n) is 5.68. The van der Waals surface area contributed by atoms with Crippen molar-refractivity contribution in [3.8, 4) is 0 Å². The van der Waals surface area contributed by atoms with Crippen molar-refractivity contribution >= 4 is 24.0 Å². The van der Waals surface area contributed by atoms with E-state index in [9.17, 15) is 4.79 Å². The van der Waals surface area contributed by atoms with Gasteiger partial charge in [0.25, 0.3) is 0 Å². The molecule has 0 fully saturated rings. The van der Waals surface area contributed by atoms with Crippen molar-refractivity contribution < 1.29 is 9.53 Å². The maximum Gasteiger partial charge on any atom is 0.241 e. The molecule has 1 rings (SSSR count). The zero-order chi connectivity index (χ0) is 12.7. The second-order valence-electron chi connectivity index (χ2n) is 4.03. The molecular formula is C13H21ClN2O2. The van der Waals surface area contributed by atoms with Gasteiger partial charge < -0.3 is 15.0 Å². The van der Waals surface area contributed by atoms with E-state index in [4.69, 9.17) is 4.74 Å². The third-order valence-corrected chi connectivity index (χ3v) is 2.68. The Morgan fingerprint density at radius 3 is 2.56 bits per heavy atom. The number of benzene rings is 1. The van der Waals surface area contributed by atoms with Crippen LogP contribution in [0.25, 0.3) is 0 Å². The molecule has 0 radical (unpaired) electrons. The van der Waals surface area contributed by atoms with Gasteiger partial charge >= 0.3 is 0 Å². The minimum Gasteiger partial charge on any atom is -0.383 e. The molecule has 0 spiro atoms. The standard InChI is InChI=1S/C13H20N2O2.ClH/c1-11(10-17-3)15(2)13(16)9-14-12-7-5-4-6-8-12;/h4-8,11,14H,9-10H2,1-3H3;1H. The van der Waals surface area contributed by atoms with Crippen molar-refractivity contribution in [3.63, 3.8) is 0 Å². The lowest BCUT2D eigenvalue weighted by Crippen LogP contribution is -2.40. The van der Waals surface area contributed by atoms with E-state index in [2.05, 4.69) is 5.32 Å². The summed E-state index contributed by atoms with van der Waals surface area (Å²) in [6.07, 6.45) is 0. The van der Waals surface area contributed by atoms with E-state index < -0.39 is 0 Å². The Kier molecular flexibility index (Phi) is 8.16. The summed E-state index contributed by atoms with van der Waals surface area (Å²) >= 11 is 0. The Morgan fingerprint density at radius 1 is 1.39 bits per heavy atom. The van der Waals surface area contributed by atoms with Gasteiger partial charge in [0.05, 0.1) is 19.2 Å². The molecule has 102 valence electrons. The first-order chi connectivity index (χ1) is 8.15. The molecule has 0 bridgehead atoms. The van der Waals surface area contributed by atoms with E-state index in [1.165, 1.54) is 0 Å². The van der Waals surface area contributed by atoms with E-state index in [1.54, 1.807) is 19.1 Å². The molecule has 0 aliphatic carbocycles. The van der Waals surface area contributed by atoms with Crippen LogP contribution in [0.4, 0.5) is 5.69 Å². The van der Waals surface area contributed by atoms with Crippen molar-refractivity contribution in [1.29, 1.82) is 0 Å². The summed E-state index contributed by atoms with van der Waals surface area (Å²) in [6.45, 7) is 2.81. The monoisotopic (exact) mass is 272 g/mol. The molecular weight excluding hydrogens is 252 g/mol. The number of rotatable bonds is 6. The molecule has 0 saturated carbocycles. The number of para-hydroxylation sites is 1. The number of methoxy groups -OCH3 is 1. The van der Waals surface area contributed by atoms with Gasteiger partial charge in [0.2, 0.25) is 5.91 Å². The normalized spacial score (nSPS) is 11.3. The Balaban J connectivity index is 0.00000289. The molecule has 4 nitrogen and oxygen atoms in total. The molecule has 0 aliphatic heterocycles. The molecule has 1 unspecified atom stereocenters. The fourth-order valence-corrected chi connectivity index (χ4v) is 1.46. The summed E-state index contributed by atoms with van der Waals surface area (Å²) in [7, 11) is 3.43. The maximum absolute atomic E-state index is 11.8. The molecule has 0 aromatic heterocycles. The first-order valence-corrected chi connectivity index (χ1v) is 5.68. The summed E-state index contributed by atoms with van der Waals surface area (Å²) in [5, 5.41) is 3.09. The quantitative estimate of drug-likeness (QED) is 0.861. The van der Waals surface area contributed by atoms with E-state index in [0.29, 0.717) is 13.2 Å². The number of amides is 1. The molecule has 1 amide bonds. The fourth-order valence-electron chi connectivity index (χ4n) is 1.46. The molecule has 0 heterocycles. The lowest BCUT2D eigenvalue weighted by atomic mass is 10.3. The zero-order valence-electron chi connectivity index (χ0n) is 11.1. The van der Waals surface area contributed by atoms with Gasteiger partial charge in [-0.05, 0) is 19.1 Å². The topological polar surface area (TPSA) is 41.6 Å². The van der Waals surface area contributed by atoms with E-state index >= 15 is 0 Å². The van der Waals surface area contributed by atoms with Crippen LogP contribution in [-0.4, -0.2) is 44.2 Å². The third kappa shape index (κ3) is 5.38. The number of anilines is 1. The van der Waals surface area contributed by atoms with E-state index in [0.717, 1.165) is 5.69 Å². The number of ether oxygens (including phenoxy) is 1. The molecule has 1 N–H and O–H groups in total. The molecule has 18 heavy (non-hydrogen) atoms. The van der Waals surface area contributed by atoms with Gasteiger partial charge in [0.1, 0.15) is 0 Å². The lowest BCUT2D eigenvalue weighted by molar-refractivity contribution is -0.130. The van der Waals surface area contributed by atoms with Gasteiger partial charge in [-0.3, -0.25) is 4.79 Å². The highest BCUT2D eigenvalue weighted by atomic mass is 35.5. The summed E-state index contributed by atoms with van der Waals surface area (Å²) in [6, 6.07) is 9.77. The minimum absolute atomic E-state index is 0. The molecule has 0 aliphatic rings. The number of nitrogens with one attached hydrogen (secondary N) is 1. The smallest absolute Gasteiger partial charge is 0.241 e. The Bertz CT molecular complexity index is 346. The van der Waals surface area contributed by atoms with Crippen LogP contribution < -0.4 is 5.32 Å². The lowest BCUT2D eigenvalue weighted by Gasteiger charge is -2.24. The number of hydrogen-bond donors (Lipinski definition) is 1. The Hall–Kier alpha value is -1.26. The average molecular weight is 273 g/mol. The van der Waals surface area contributed by atoms with Crippen LogP contribution in [0.1, 0.15) is 6.92 Å². The second-order valence-corrected chi connectivity index (χ2v) is 4.03. The fraction of sp³-hybridized carbons (Fsp3) is 0.462. The molecule has 1 aromatic carbocycles. The average Bonchev–Trinajstić information content (AvgIpc) is 2.36. The Labute approximate surface area is 115 Å². The third-order valence-electron chi connectivity index (χ3n) is 2.68. The highest BCUT2D eigenvalue weighted by Gasteiger charge is 2.14. The van der Waals surface area contributed by atoms with Gasteiger partial charge in [-0.1, -0.05) is 18.2 Å². The van der Waals surface area contributed by atoms with Crippen molar-refractivity contribution in [2.75, 3.05) is 32.6 Å². The highest BCUT2D eigenvalue weighted by Crippen LogP contribution is 2.05. The van der Waals surface area contributed by atoms with Crippen LogP contribution >= 0.6 is 12.4 Å². The first kappa shape index (κ1) is 16.7. The number of nitrogens with zero attached hydrogens (tertiary/aromatic N) is 1. The van der Waals surface area contributed by atoms with Gasteiger partial charge in [0.15, 0.2) is 0 Å². The van der Waals surface area contributed by atoms with E-state index in [-0.39, 0.29) is 24.4 Å². The van der Waals surface area contributed by atoms with Crippen LogP contribution in [0, 0.1) is 0 Å². The second kappa shape index (κ2) is 8.78. The highest BCUT2D eigenvalue weighted by molar-refractivity contribution is 5.85. The largest absolute Gasteiger partial charge is 0.383 e. The van der Waals surface area contributed by atoms with Crippen LogP contribution in [0.5, 0.6) is 0 Å². The van der Waals surface area contributed by atoms with Crippen LogP contribution in [0.15, 0.2) is 30.3 Å². The minimum atomic E-state index is 0. The van der Waals surface area contributed by atoms with E-state index in [1.807, 2.05) is 37.3 Å². The maximum atomic E-state index is 11.8. The van der Waals surface area contributed by atoms with Gasteiger partial charge in [-0.15, -0.1) is 12.4 Å². The molecule has 1 aromatic rings. The van der Waals surface area contributed by atoms with Crippen molar-refractivity contribution in [2.45, 2.75) is 13.0 Å². The predicted molar refractivity (Wildman–Crippen MR) is 76.3 cm³/mol. The SMILES string of the molecule is COCC(C)N(C)C(=O)CNc1ccccc1.Cl. The predicted octanol–water partition coefficient (Wildman–Crippen LogP) is 2.01. The molecule has 5 heteroatoms. The number of carbonyl (C=O) groups excluding carboxylic acids is 1. The van der Waals surface area contributed by atoms with Crippen molar-refractivity contribution in [1.82, 2.24) is 4.90 Å². The van der Waals surface area contributed by atoms with Crippen LogP contribution in [0.2, 0.25) is 0 Å². The molecule has 0 saturated heterocycles. The van der Waals surface area contributed by atoms with Gasteiger partial charge in [-0.2, -0.15) is 0 Å². The number of hydrogen-bond acceptors (Lipinski definition) is 3. The van der Waals surface area contributed by atoms with Crippen LogP contribution in [0.3, 0.4) is 0 Å². The Morgan fingerprint density at radius 2 is 2.00 bits per heavy atom. The van der Waals surface area contributed by atoms with Gasteiger partial charge in [-0.25, -0.2) is 0 Å². The summed E-state index contributed by atoms with van der Waals surface area (Å²) in [5.41, 5.74) is 0.952. The zero-order valence-corrected chi connectivity index (χ0v) is 11.9. The summed E-state index contributed by atoms with van der Waals surface area (Å²) in [5.74, 6) is 0.0541. The number of likely N-dealkylation sites (N-methyl/N-ethyl adjacent to an activating group) is 1. The van der Waals surface area contributed by atoms with Gasteiger partial charge in [0, 0.05) is 19.8 Å². The van der Waals surface area contributed by atoms with Crippen LogP contribution in [-0.2, 0) is 9.53 Å². The molecule has 1 atom stereocenters. The number of carbonyl (C=O) groups is 1.